The quantitative estimate of drug-likeness (QED) is 0.869. The lowest BCUT2D eigenvalue weighted by atomic mass is 10.00. The van der Waals surface area contributed by atoms with Gasteiger partial charge in [0.05, 0.1) is 0 Å². The Morgan fingerprint density at radius 1 is 1.21 bits per heavy atom. The van der Waals surface area contributed by atoms with Gasteiger partial charge in [-0.1, -0.05) is 31.5 Å². The molecule has 128 valence electrons. The average Bonchev–Trinajstić information content (AvgIpc) is 2.60. The van der Waals surface area contributed by atoms with Crippen molar-refractivity contribution in [3.8, 4) is 0 Å². The highest BCUT2D eigenvalue weighted by Crippen LogP contribution is 2.26. The number of aryl methyl sites for hydroxylation is 1. The Balaban J connectivity index is 1.86. The summed E-state index contributed by atoms with van der Waals surface area (Å²) < 4.78 is 0. The Kier molecular flexibility index (Phi) is 5.24. The number of nitrogens with zero attached hydrogens (tertiary/aromatic N) is 3. The average molecular weight is 345 g/mol. The van der Waals surface area contributed by atoms with Crippen LogP contribution < -0.4 is 10.2 Å². The lowest BCUT2D eigenvalue weighted by Crippen LogP contribution is -2.31. The third-order valence-electron chi connectivity index (χ3n) is 4.62. The van der Waals surface area contributed by atoms with Gasteiger partial charge in [-0.05, 0) is 49.4 Å². The van der Waals surface area contributed by atoms with Gasteiger partial charge in [-0.3, -0.25) is 0 Å². The van der Waals surface area contributed by atoms with Crippen LogP contribution in [0.2, 0.25) is 5.02 Å². The van der Waals surface area contributed by atoms with Crippen LogP contribution in [0.1, 0.15) is 44.0 Å². The minimum absolute atomic E-state index is 0.370. The monoisotopic (exact) mass is 344 g/mol. The van der Waals surface area contributed by atoms with E-state index in [1.807, 2.05) is 6.07 Å². The molecular weight excluding hydrogens is 320 g/mol. The maximum Gasteiger partial charge on any atom is 0.225 e. The second-order valence-electron chi connectivity index (χ2n) is 6.43. The fourth-order valence-corrected chi connectivity index (χ4v) is 3.13. The fourth-order valence-electron chi connectivity index (χ4n) is 2.93. The Bertz CT molecular complexity index is 717. The summed E-state index contributed by atoms with van der Waals surface area (Å²) in [6, 6.07) is 8.67. The Hall–Kier alpha value is -1.81. The van der Waals surface area contributed by atoms with Crippen LogP contribution in [0.15, 0.2) is 24.3 Å². The van der Waals surface area contributed by atoms with Crippen molar-refractivity contribution in [2.24, 2.45) is 0 Å². The van der Waals surface area contributed by atoms with Crippen LogP contribution in [0, 0.1) is 0 Å². The fraction of sp³-hybridized carbons (Fsp3) is 0.474. The van der Waals surface area contributed by atoms with Gasteiger partial charge in [0.2, 0.25) is 5.95 Å². The molecule has 0 fully saturated rings. The second-order valence-corrected chi connectivity index (χ2v) is 6.87. The molecule has 1 atom stereocenters. The number of rotatable bonds is 5. The number of hydrogen-bond donors (Lipinski definition) is 1. The standard InChI is InChI=1S/C19H25ClN4/c1-4-13(3)21-19-22-17(5-2)11-18(23-19)24-9-8-14-10-16(20)7-6-15(14)12-24/h6-7,10-11,13H,4-5,8-9,12H2,1-3H3,(H,21,22,23)/t13-/m0/s1. The first-order chi connectivity index (χ1) is 11.6. The van der Waals surface area contributed by atoms with Gasteiger partial charge in [0, 0.05) is 35.9 Å². The number of anilines is 2. The van der Waals surface area contributed by atoms with E-state index in [2.05, 4.69) is 54.2 Å². The highest BCUT2D eigenvalue weighted by molar-refractivity contribution is 6.30. The van der Waals surface area contributed by atoms with Gasteiger partial charge in [-0.2, -0.15) is 4.98 Å². The van der Waals surface area contributed by atoms with E-state index in [9.17, 15) is 0 Å². The number of halogens is 1. The largest absolute Gasteiger partial charge is 0.352 e. The lowest BCUT2D eigenvalue weighted by Gasteiger charge is -2.30. The first-order valence-electron chi connectivity index (χ1n) is 8.75. The van der Waals surface area contributed by atoms with E-state index in [0.717, 1.165) is 54.8 Å². The molecule has 2 heterocycles. The van der Waals surface area contributed by atoms with Gasteiger partial charge in [0.25, 0.3) is 0 Å². The lowest BCUT2D eigenvalue weighted by molar-refractivity contribution is 0.712. The van der Waals surface area contributed by atoms with E-state index >= 15 is 0 Å². The Morgan fingerprint density at radius 3 is 2.79 bits per heavy atom. The van der Waals surface area contributed by atoms with Gasteiger partial charge in [0.1, 0.15) is 5.82 Å². The van der Waals surface area contributed by atoms with Crippen LogP contribution in [-0.2, 0) is 19.4 Å². The molecule has 5 heteroatoms. The predicted octanol–water partition coefficient (Wildman–Crippen LogP) is 4.47. The molecule has 0 saturated heterocycles. The first kappa shape index (κ1) is 17.0. The molecule has 1 aliphatic heterocycles. The van der Waals surface area contributed by atoms with Crippen molar-refractivity contribution in [3.05, 3.63) is 46.1 Å². The molecule has 2 aromatic rings. The van der Waals surface area contributed by atoms with Crippen molar-refractivity contribution in [1.29, 1.82) is 0 Å². The predicted molar refractivity (Wildman–Crippen MR) is 101 cm³/mol. The summed E-state index contributed by atoms with van der Waals surface area (Å²) in [6.07, 6.45) is 2.95. The van der Waals surface area contributed by atoms with Crippen molar-refractivity contribution < 1.29 is 0 Å². The molecule has 0 amide bonds. The number of benzene rings is 1. The summed E-state index contributed by atoms with van der Waals surface area (Å²) in [5.41, 5.74) is 3.76. The second kappa shape index (κ2) is 7.39. The molecule has 24 heavy (non-hydrogen) atoms. The van der Waals surface area contributed by atoms with E-state index < -0.39 is 0 Å². The molecular formula is C19H25ClN4. The summed E-state index contributed by atoms with van der Waals surface area (Å²) in [4.78, 5) is 11.7. The summed E-state index contributed by atoms with van der Waals surface area (Å²) in [7, 11) is 0. The van der Waals surface area contributed by atoms with E-state index in [1.165, 1.54) is 11.1 Å². The van der Waals surface area contributed by atoms with Gasteiger partial charge >= 0.3 is 0 Å². The zero-order valence-electron chi connectivity index (χ0n) is 14.6. The molecule has 0 spiro atoms. The molecule has 1 N–H and O–H groups in total. The number of hydrogen-bond acceptors (Lipinski definition) is 4. The SMILES string of the molecule is CCc1cc(N2CCc3cc(Cl)ccc3C2)nc(N[C@@H](C)CC)n1. The van der Waals surface area contributed by atoms with E-state index in [4.69, 9.17) is 16.6 Å². The Morgan fingerprint density at radius 2 is 2.04 bits per heavy atom. The Labute approximate surface area is 149 Å². The maximum absolute atomic E-state index is 6.11. The van der Waals surface area contributed by atoms with Crippen LogP contribution in [0.5, 0.6) is 0 Å². The molecule has 1 aromatic carbocycles. The smallest absolute Gasteiger partial charge is 0.225 e. The summed E-state index contributed by atoms with van der Waals surface area (Å²) in [6.45, 7) is 8.27. The van der Waals surface area contributed by atoms with Gasteiger partial charge in [0.15, 0.2) is 0 Å². The van der Waals surface area contributed by atoms with Crippen LogP contribution in [-0.4, -0.2) is 22.6 Å². The zero-order chi connectivity index (χ0) is 17.1. The summed E-state index contributed by atoms with van der Waals surface area (Å²) >= 11 is 6.11. The van der Waals surface area contributed by atoms with E-state index in [1.54, 1.807) is 0 Å². The normalized spacial score (nSPS) is 15.1. The minimum atomic E-state index is 0.370. The molecule has 4 nitrogen and oxygen atoms in total. The van der Waals surface area contributed by atoms with Crippen molar-refractivity contribution >= 4 is 23.4 Å². The molecule has 0 unspecified atom stereocenters. The van der Waals surface area contributed by atoms with Crippen LogP contribution in [0.4, 0.5) is 11.8 Å². The molecule has 3 rings (SSSR count). The summed E-state index contributed by atoms with van der Waals surface area (Å²) in [5, 5.41) is 4.22. The van der Waals surface area contributed by atoms with Crippen molar-refractivity contribution in [2.75, 3.05) is 16.8 Å². The molecule has 1 aromatic heterocycles. The van der Waals surface area contributed by atoms with Gasteiger partial charge in [-0.25, -0.2) is 4.98 Å². The molecule has 0 saturated carbocycles. The topological polar surface area (TPSA) is 41.1 Å². The first-order valence-corrected chi connectivity index (χ1v) is 9.13. The van der Waals surface area contributed by atoms with Crippen molar-refractivity contribution in [3.63, 3.8) is 0 Å². The zero-order valence-corrected chi connectivity index (χ0v) is 15.4. The highest BCUT2D eigenvalue weighted by atomic mass is 35.5. The van der Waals surface area contributed by atoms with Crippen LogP contribution in [0.25, 0.3) is 0 Å². The van der Waals surface area contributed by atoms with Gasteiger partial charge < -0.3 is 10.2 Å². The summed E-state index contributed by atoms with van der Waals surface area (Å²) in [5.74, 6) is 1.74. The van der Waals surface area contributed by atoms with E-state index in [0.29, 0.717) is 6.04 Å². The molecule has 0 aliphatic carbocycles. The maximum atomic E-state index is 6.11. The number of aromatic nitrogens is 2. The van der Waals surface area contributed by atoms with Crippen molar-refractivity contribution in [1.82, 2.24) is 9.97 Å². The third-order valence-corrected chi connectivity index (χ3v) is 4.86. The van der Waals surface area contributed by atoms with E-state index in [-0.39, 0.29) is 0 Å². The number of fused-ring (bicyclic) bond motifs is 1. The van der Waals surface area contributed by atoms with Crippen LogP contribution >= 0.6 is 11.6 Å². The third kappa shape index (κ3) is 3.81. The van der Waals surface area contributed by atoms with Gasteiger partial charge in [-0.15, -0.1) is 0 Å². The molecule has 0 bridgehead atoms. The molecule has 0 radical (unpaired) electrons. The van der Waals surface area contributed by atoms with Crippen molar-refractivity contribution in [2.45, 2.75) is 52.6 Å². The number of nitrogens with one attached hydrogen (secondary N) is 1. The molecule has 1 aliphatic rings. The minimum Gasteiger partial charge on any atom is -0.352 e. The van der Waals surface area contributed by atoms with Crippen LogP contribution in [0.3, 0.4) is 0 Å². The highest BCUT2D eigenvalue weighted by Gasteiger charge is 2.19.